The lowest BCUT2D eigenvalue weighted by atomic mass is 9.80. The molecule has 1 fully saturated rings. The number of rotatable bonds is 3. The van der Waals surface area contributed by atoms with Crippen LogP contribution in [-0.2, 0) is 26.2 Å². The van der Waals surface area contributed by atoms with Gasteiger partial charge in [0.25, 0.3) is 0 Å². The Hall–Kier alpha value is -3.87. The molecular weight excluding hydrogens is 425 g/mol. The Balaban J connectivity index is 1.46. The summed E-state index contributed by atoms with van der Waals surface area (Å²) in [6.45, 7) is -0.409. The van der Waals surface area contributed by atoms with E-state index in [1.165, 1.54) is 0 Å². The Kier molecular flexibility index (Phi) is 5.34. The monoisotopic (exact) mass is 442 g/mol. The minimum absolute atomic E-state index is 0.0408. The van der Waals surface area contributed by atoms with Crippen LogP contribution in [0, 0.1) is 28.8 Å². The molecule has 2 aromatic rings. The van der Waals surface area contributed by atoms with Gasteiger partial charge in [-0.05, 0) is 29.7 Å². The molecule has 1 saturated heterocycles. The summed E-state index contributed by atoms with van der Waals surface area (Å²) in [5.41, 5.74) is -0.166. The first kappa shape index (κ1) is 21.4. The smallest absolute Gasteiger partial charge is 0.312 e. The summed E-state index contributed by atoms with van der Waals surface area (Å²) in [6.07, 6.45) is -0.208. The third-order valence-corrected chi connectivity index (χ3v) is 5.84. The topological polar surface area (TPSA) is 102 Å². The second-order valence-corrected chi connectivity index (χ2v) is 7.73. The molecular formula is C22H17F3N4O3. The standard InChI is InChI=1S/C22H17F3N4O3/c23-13-7-12(18(25)16(24)8-13)5-6-27-19(30)20(31)29-11-22(9-14(29)10-26)15-3-1-2-4-17(15)28-21(22)32/h1-4,7-8,14H,5-6,9,11H2,(H,27,30)(H,28,32)/t14?,22-/m0/s1. The summed E-state index contributed by atoms with van der Waals surface area (Å²) in [4.78, 5) is 38.9. The first-order valence-corrected chi connectivity index (χ1v) is 9.79. The van der Waals surface area contributed by atoms with Crippen molar-refractivity contribution in [2.45, 2.75) is 24.3 Å². The molecule has 2 aliphatic heterocycles. The zero-order valence-electron chi connectivity index (χ0n) is 16.6. The van der Waals surface area contributed by atoms with E-state index in [9.17, 15) is 32.8 Å². The van der Waals surface area contributed by atoms with Gasteiger partial charge in [-0.3, -0.25) is 14.4 Å². The van der Waals surface area contributed by atoms with E-state index in [0.717, 1.165) is 11.0 Å². The summed E-state index contributed by atoms with van der Waals surface area (Å²) in [5.74, 6) is -5.97. The molecule has 32 heavy (non-hydrogen) atoms. The summed E-state index contributed by atoms with van der Waals surface area (Å²) >= 11 is 0. The number of nitrogens with one attached hydrogen (secondary N) is 2. The normalized spacial score (nSPS) is 21.2. The number of halogens is 3. The first-order chi connectivity index (χ1) is 15.3. The lowest BCUT2D eigenvalue weighted by Gasteiger charge is -2.22. The number of benzene rings is 2. The Morgan fingerprint density at radius 1 is 1.25 bits per heavy atom. The van der Waals surface area contributed by atoms with E-state index in [4.69, 9.17) is 0 Å². The number of nitrogens with zero attached hydrogens (tertiary/aromatic N) is 2. The number of nitriles is 1. The van der Waals surface area contributed by atoms with Crippen molar-refractivity contribution >= 4 is 23.4 Å². The minimum Gasteiger partial charge on any atom is -0.347 e. The van der Waals surface area contributed by atoms with Gasteiger partial charge in [0.15, 0.2) is 11.6 Å². The maximum atomic E-state index is 13.7. The third kappa shape index (κ3) is 3.45. The van der Waals surface area contributed by atoms with E-state index >= 15 is 0 Å². The van der Waals surface area contributed by atoms with Crippen LogP contribution in [0.15, 0.2) is 36.4 Å². The Morgan fingerprint density at radius 3 is 2.75 bits per heavy atom. The lowest BCUT2D eigenvalue weighted by molar-refractivity contribution is -0.146. The van der Waals surface area contributed by atoms with E-state index in [1.54, 1.807) is 24.3 Å². The van der Waals surface area contributed by atoms with Crippen molar-refractivity contribution in [3.63, 3.8) is 0 Å². The van der Waals surface area contributed by atoms with Crippen molar-refractivity contribution in [3.05, 3.63) is 65.0 Å². The van der Waals surface area contributed by atoms with Crippen LogP contribution in [-0.4, -0.2) is 41.8 Å². The molecule has 0 aromatic heterocycles. The van der Waals surface area contributed by atoms with Gasteiger partial charge < -0.3 is 15.5 Å². The molecule has 164 valence electrons. The van der Waals surface area contributed by atoms with Crippen molar-refractivity contribution in [3.8, 4) is 6.07 Å². The van der Waals surface area contributed by atoms with E-state index in [2.05, 4.69) is 10.6 Å². The van der Waals surface area contributed by atoms with Gasteiger partial charge >= 0.3 is 11.8 Å². The summed E-state index contributed by atoms with van der Waals surface area (Å²) in [7, 11) is 0. The first-order valence-electron chi connectivity index (χ1n) is 9.79. The molecule has 0 saturated carbocycles. The van der Waals surface area contributed by atoms with Gasteiger partial charge in [0.05, 0.1) is 11.5 Å². The van der Waals surface area contributed by atoms with Crippen molar-refractivity contribution in [2.24, 2.45) is 0 Å². The Labute approximate surface area is 180 Å². The van der Waals surface area contributed by atoms with Crippen molar-refractivity contribution in [2.75, 3.05) is 18.4 Å². The van der Waals surface area contributed by atoms with Gasteiger partial charge in [-0.1, -0.05) is 18.2 Å². The lowest BCUT2D eigenvalue weighted by Crippen LogP contribution is -2.47. The molecule has 7 nitrogen and oxygen atoms in total. The van der Waals surface area contributed by atoms with Crippen LogP contribution in [0.5, 0.6) is 0 Å². The van der Waals surface area contributed by atoms with Gasteiger partial charge in [-0.2, -0.15) is 5.26 Å². The highest BCUT2D eigenvalue weighted by Gasteiger charge is 2.56. The number of carbonyl (C=O) groups is 3. The van der Waals surface area contributed by atoms with Crippen LogP contribution < -0.4 is 10.6 Å². The zero-order valence-corrected chi connectivity index (χ0v) is 16.6. The van der Waals surface area contributed by atoms with Crippen LogP contribution >= 0.6 is 0 Å². The van der Waals surface area contributed by atoms with Gasteiger partial charge in [0.2, 0.25) is 5.91 Å². The van der Waals surface area contributed by atoms with Gasteiger partial charge in [0.1, 0.15) is 11.9 Å². The van der Waals surface area contributed by atoms with E-state index in [1.807, 2.05) is 6.07 Å². The van der Waals surface area contributed by atoms with Crippen LogP contribution in [0.2, 0.25) is 0 Å². The molecule has 2 aliphatic rings. The number of fused-ring (bicyclic) bond motifs is 2. The molecule has 0 bridgehead atoms. The Morgan fingerprint density at radius 2 is 2.00 bits per heavy atom. The maximum Gasteiger partial charge on any atom is 0.312 e. The molecule has 0 aliphatic carbocycles. The second-order valence-electron chi connectivity index (χ2n) is 7.73. The quantitative estimate of drug-likeness (QED) is 0.559. The molecule has 2 atom stereocenters. The third-order valence-electron chi connectivity index (χ3n) is 5.84. The highest BCUT2D eigenvalue weighted by atomic mass is 19.2. The molecule has 2 aromatic carbocycles. The molecule has 2 N–H and O–H groups in total. The van der Waals surface area contributed by atoms with Crippen molar-refractivity contribution in [1.82, 2.24) is 10.2 Å². The second kappa shape index (κ2) is 8.00. The maximum absolute atomic E-state index is 13.7. The molecule has 4 rings (SSSR count). The number of likely N-dealkylation sites (tertiary alicyclic amines) is 1. The fraction of sp³-hybridized carbons (Fsp3) is 0.273. The Bertz CT molecular complexity index is 1180. The summed E-state index contributed by atoms with van der Waals surface area (Å²) in [6, 6.07) is 9.12. The van der Waals surface area contributed by atoms with E-state index in [0.29, 0.717) is 17.3 Å². The number of para-hydroxylation sites is 1. The predicted molar refractivity (Wildman–Crippen MR) is 106 cm³/mol. The van der Waals surface area contributed by atoms with Crippen LogP contribution in [0.4, 0.5) is 18.9 Å². The fourth-order valence-corrected chi connectivity index (χ4v) is 4.28. The van der Waals surface area contributed by atoms with Gasteiger partial charge in [-0.15, -0.1) is 0 Å². The molecule has 1 unspecified atom stereocenters. The van der Waals surface area contributed by atoms with Crippen LogP contribution in [0.25, 0.3) is 0 Å². The molecule has 2 heterocycles. The predicted octanol–water partition coefficient (Wildman–Crippen LogP) is 1.78. The van der Waals surface area contributed by atoms with Crippen molar-refractivity contribution in [1.29, 1.82) is 5.26 Å². The number of hydrogen-bond donors (Lipinski definition) is 2. The van der Waals surface area contributed by atoms with Gasteiger partial charge in [0, 0.05) is 31.3 Å². The average molecular weight is 442 g/mol. The highest BCUT2D eigenvalue weighted by molar-refractivity contribution is 6.35. The average Bonchev–Trinajstić information content (AvgIpc) is 3.29. The minimum atomic E-state index is -1.35. The van der Waals surface area contributed by atoms with E-state index in [-0.39, 0.29) is 37.4 Å². The number of amides is 3. The molecule has 1 spiro atoms. The molecule has 10 heteroatoms. The summed E-state index contributed by atoms with van der Waals surface area (Å²) in [5, 5.41) is 14.6. The zero-order chi connectivity index (χ0) is 23.0. The van der Waals surface area contributed by atoms with Gasteiger partial charge in [-0.25, -0.2) is 13.2 Å². The van der Waals surface area contributed by atoms with Crippen LogP contribution in [0.1, 0.15) is 17.5 Å². The van der Waals surface area contributed by atoms with Crippen LogP contribution in [0.3, 0.4) is 0 Å². The SMILES string of the molecule is N#CC1C[C@@]2(CN1C(=O)C(=O)NCCc1cc(F)cc(F)c1F)C(=O)Nc1ccccc12. The number of hydrogen-bond acceptors (Lipinski definition) is 4. The number of anilines is 1. The summed E-state index contributed by atoms with van der Waals surface area (Å²) < 4.78 is 40.3. The van der Waals surface area contributed by atoms with E-state index < -0.39 is 40.7 Å². The molecule has 0 radical (unpaired) electrons. The number of carbonyl (C=O) groups excluding carboxylic acids is 3. The fourth-order valence-electron chi connectivity index (χ4n) is 4.28. The van der Waals surface area contributed by atoms with Crippen molar-refractivity contribution < 1.29 is 27.6 Å². The largest absolute Gasteiger partial charge is 0.347 e. The molecule has 3 amide bonds. The highest BCUT2D eigenvalue weighted by Crippen LogP contribution is 2.46.